The first-order chi connectivity index (χ1) is 18.8. The van der Waals surface area contributed by atoms with Gasteiger partial charge in [0.25, 0.3) is 0 Å². The molecule has 0 aliphatic carbocycles. The van der Waals surface area contributed by atoms with Crippen molar-refractivity contribution in [1.82, 2.24) is 0 Å². The average molecular weight is 545 g/mol. The third-order valence-corrected chi connectivity index (χ3v) is 7.65. The van der Waals surface area contributed by atoms with Crippen LogP contribution < -0.4 is 20.1 Å². The van der Waals surface area contributed by atoms with Crippen LogP contribution in [0.25, 0.3) is 0 Å². The molecule has 0 saturated carbocycles. The van der Waals surface area contributed by atoms with Gasteiger partial charge in [0.2, 0.25) is 21.7 Å². The van der Waals surface area contributed by atoms with E-state index in [1.165, 1.54) is 24.3 Å². The second kappa shape index (κ2) is 12.3. The Bertz CT molecular complexity index is 1450. The molecule has 0 spiro atoms. The van der Waals surface area contributed by atoms with Gasteiger partial charge in [0.15, 0.2) is 0 Å². The number of amides is 2. The van der Waals surface area contributed by atoms with Crippen molar-refractivity contribution < 1.29 is 27.5 Å². The summed E-state index contributed by atoms with van der Waals surface area (Å²) in [6.45, 7) is 0. The van der Waals surface area contributed by atoms with E-state index in [1.54, 1.807) is 87.0 Å². The molecule has 0 aliphatic rings. The van der Waals surface area contributed by atoms with Gasteiger partial charge >= 0.3 is 0 Å². The van der Waals surface area contributed by atoms with Gasteiger partial charge in [-0.15, -0.1) is 0 Å². The number of hydrogen-bond donors (Lipinski definition) is 2. The molecule has 4 aromatic carbocycles. The smallest absolute Gasteiger partial charge is 0.228 e. The number of ether oxygens (including phenoxy) is 2. The number of carbonyl (C=O) groups excluding carboxylic acids is 2. The predicted molar refractivity (Wildman–Crippen MR) is 149 cm³/mol. The van der Waals surface area contributed by atoms with Gasteiger partial charge in [-0.25, -0.2) is 8.42 Å². The van der Waals surface area contributed by atoms with E-state index in [0.29, 0.717) is 22.9 Å². The zero-order valence-corrected chi connectivity index (χ0v) is 22.3. The zero-order valence-electron chi connectivity index (χ0n) is 21.5. The number of benzene rings is 4. The van der Waals surface area contributed by atoms with Crippen LogP contribution in [-0.4, -0.2) is 34.5 Å². The maximum Gasteiger partial charge on any atom is 0.228 e. The van der Waals surface area contributed by atoms with Crippen LogP contribution in [0.3, 0.4) is 0 Å². The molecule has 0 radical (unpaired) electrons. The summed E-state index contributed by atoms with van der Waals surface area (Å²) in [5.74, 6) is 0.823. The van der Waals surface area contributed by atoms with Gasteiger partial charge in [-0.05, 0) is 71.8 Å². The summed E-state index contributed by atoms with van der Waals surface area (Å²) in [4.78, 5) is 25.1. The number of anilines is 2. The van der Waals surface area contributed by atoms with Gasteiger partial charge in [0.1, 0.15) is 11.5 Å². The van der Waals surface area contributed by atoms with Crippen LogP contribution in [0.1, 0.15) is 11.1 Å². The largest absolute Gasteiger partial charge is 0.497 e. The second-order valence-corrected chi connectivity index (χ2v) is 10.7. The molecular weight excluding hydrogens is 516 g/mol. The molecule has 0 bridgehead atoms. The molecule has 0 saturated heterocycles. The Labute approximate surface area is 227 Å². The first-order valence-electron chi connectivity index (χ1n) is 12.1. The average Bonchev–Trinajstić information content (AvgIpc) is 2.94. The summed E-state index contributed by atoms with van der Waals surface area (Å²) < 4.78 is 37.0. The highest BCUT2D eigenvalue weighted by atomic mass is 32.2. The summed E-state index contributed by atoms with van der Waals surface area (Å²) in [6, 6.07) is 26.4. The maximum atomic E-state index is 13.4. The van der Waals surface area contributed by atoms with Crippen molar-refractivity contribution in [3.8, 4) is 11.5 Å². The van der Waals surface area contributed by atoms with Crippen LogP contribution >= 0.6 is 0 Å². The lowest BCUT2D eigenvalue weighted by molar-refractivity contribution is -0.116. The standard InChI is InChI=1S/C30H28N2O6S/c1-37-25-13-9-21(10-14-25)17-29(33)31-23-5-3-7-27(19-23)39(35,36)28-8-4-6-24(20-28)32-30(34)18-22-11-15-26(38-2)16-12-22/h3-16,19-20H,17-18H2,1-2H3,(H,31,33)(H,32,34). The van der Waals surface area contributed by atoms with Crippen molar-refractivity contribution in [3.05, 3.63) is 108 Å². The molecule has 0 unspecified atom stereocenters. The first-order valence-corrected chi connectivity index (χ1v) is 13.6. The lowest BCUT2D eigenvalue weighted by Gasteiger charge is -2.11. The molecule has 0 aromatic heterocycles. The Morgan fingerprint density at radius 3 is 1.36 bits per heavy atom. The molecule has 4 rings (SSSR count). The summed E-state index contributed by atoms with van der Waals surface area (Å²) in [5.41, 5.74) is 2.31. The number of methoxy groups -OCH3 is 2. The molecule has 2 N–H and O–H groups in total. The van der Waals surface area contributed by atoms with Gasteiger partial charge in [-0.2, -0.15) is 0 Å². The second-order valence-electron chi connectivity index (χ2n) is 8.71. The molecule has 8 nitrogen and oxygen atoms in total. The number of nitrogens with one attached hydrogen (secondary N) is 2. The van der Waals surface area contributed by atoms with Crippen LogP contribution in [0.4, 0.5) is 11.4 Å². The zero-order chi connectivity index (χ0) is 27.8. The van der Waals surface area contributed by atoms with Crippen LogP contribution in [0.15, 0.2) is 107 Å². The van der Waals surface area contributed by atoms with E-state index >= 15 is 0 Å². The van der Waals surface area contributed by atoms with Gasteiger partial charge in [0.05, 0.1) is 36.9 Å². The minimum absolute atomic E-state index is 0.0199. The number of rotatable bonds is 10. The minimum atomic E-state index is -3.92. The normalized spacial score (nSPS) is 10.9. The molecule has 2 amide bonds. The maximum absolute atomic E-state index is 13.4. The van der Waals surface area contributed by atoms with Crippen LogP contribution in [0.2, 0.25) is 0 Å². The molecule has 200 valence electrons. The Balaban J connectivity index is 1.43. The third-order valence-electron chi connectivity index (χ3n) is 5.90. The van der Waals surface area contributed by atoms with Crippen LogP contribution in [0.5, 0.6) is 11.5 Å². The summed E-state index contributed by atoms with van der Waals surface area (Å²) in [6.07, 6.45) is 0.248. The SMILES string of the molecule is COc1ccc(CC(=O)Nc2cccc(S(=O)(=O)c3cccc(NC(=O)Cc4ccc(OC)cc4)c3)c2)cc1. The molecule has 9 heteroatoms. The van der Waals surface area contributed by atoms with Gasteiger partial charge in [0, 0.05) is 11.4 Å². The Morgan fingerprint density at radius 2 is 1.00 bits per heavy atom. The van der Waals surface area contributed by atoms with E-state index < -0.39 is 9.84 Å². The molecule has 0 atom stereocenters. The first kappa shape index (κ1) is 27.4. The molecule has 0 heterocycles. The Morgan fingerprint density at radius 1 is 0.615 bits per heavy atom. The summed E-state index contributed by atoms with van der Waals surface area (Å²) in [7, 11) is -0.782. The fourth-order valence-corrected chi connectivity index (χ4v) is 5.24. The number of carbonyl (C=O) groups is 2. The van der Waals surface area contributed by atoms with E-state index in [-0.39, 0.29) is 34.4 Å². The number of hydrogen-bond acceptors (Lipinski definition) is 6. The summed E-state index contributed by atoms with van der Waals surface area (Å²) >= 11 is 0. The Kier molecular flexibility index (Phi) is 8.63. The minimum Gasteiger partial charge on any atom is -0.497 e. The monoisotopic (exact) mass is 544 g/mol. The molecule has 39 heavy (non-hydrogen) atoms. The van der Waals surface area contributed by atoms with Crippen molar-refractivity contribution in [3.63, 3.8) is 0 Å². The van der Waals surface area contributed by atoms with Crippen LogP contribution in [-0.2, 0) is 32.3 Å². The molecule has 0 fully saturated rings. The van der Waals surface area contributed by atoms with Gasteiger partial charge < -0.3 is 20.1 Å². The van der Waals surface area contributed by atoms with E-state index in [0.717, 1.165) is 11.1 Å². The van der Waals surface area contributed by atoms with Crippen molar-refractivity contribution in [1.29, 1.82) is 0 Å². The predicted octanol–water partition coefficient (Wildman–Crippen LogP) is 4.90. The van der Waals surface area contributed by atoms with Crippen molar-refractivity contribution >= 4 is 33.0 Å². The van der Waals surface area contributed by atoms with E-state index in [2.05, 4.69) is 10.6 Å². The van der Waals surface area contributed by atoms with E-state index in [4.69, 9.17) is 9.47 Å². The lowest BCUT2D eigenvalue weighted by atomic mass is 10.1. The van der Waals surface area contributed by atoms with Crippen LogP contribution in [0, 0.1) is 0 Å². The topological polar surface area (TPSA) is 111 Å². The van der Waals surface area contributed by atoms with Gasteiger partial charge in [-0.1, -0.05) is 36.4 Å². The third kappa shape index (κ3) is 7.24. The highest BCUT2D eigenvalue weighted by Crippen LogP contribution is 2.26. The van der Waals surface area contributed by atoms with Crippen molar-refractivity contribution in [2.45, 2.75) is 22.6 Å². The molecular formula is C30H28N2O6S. The highest BCUT2D eigenvalue weighted by molar-refractivity contribution is 7.91. The fourth-order valence-electron chi connectivity index (χ4n) is 3.89. The van der Waals surface area contributed by atoms with E-state index in [9.17, 15) is 18.0 Å². The summed E-state index contributed by atoms with van der Waals surface area (Å²) in [5, 5.41) is 5.50. The van der Waals surface area contributed by atoms with Crippen molar-refractivity contribution in [2.75, 3.05) is 24.9 Å². The van der Waals surface area contributed by atoms with E-state index in [1.807, 2.05) is 0 Å². The van der Waals surface area contributed by atoms with Gasteiger partial charge in [-0.3, -0.25) is 9.59 Å². The lowest BCUT2D eigenvalue weighted by Crippen LogP contribution is -2.15. The fraction of sp³-hybridized carbons (Fsp3) is 0.133. The number of sulfone groups is 1. The Hall–Kier alpha value is -4.63. The highest BCUT2D eigenvalue weighted by Gasteiger charge is 2.19. The van der Waals surface area contributed by atoms with Crippen molar-refractivity contribution in [2.24, 2.45) is 0 Å². The molecule has 4 aromatic rings. The quantitative estimate of drug-likeness (QED) is 0.294. The molecule has 0 aliphatic heterocycles.